The number of hydrogen-bond donors (Lipinski definition) is 4. The molecule has 0 saturated heterocycles. The number of aliphatic hydroxyl groups is 1. The first-order valence-electron chi connectivity index (χ1n) is 9.59. The zero-order valence-corrected chi connectivity index (χ0v) is 17.2. The molecule has 0 saturated carbocycles. The Bertz CT molecular complexity index is 1200. The van der Waals surface area contributed by atoms with Crippen molar-refractivity contribution in [3.8, 4) is 0 Å². The van der Waals surface area contributed by atoms with Crippen LogP contribution in [-0.4, -0.2) is 28.0 Å². The van der Waals surface area contributed by atoms with E-state index in [0.29, 0.717) is 5.69 Å². The molecule has 1 heterocycles. The first-order chi connectivity index (χ1) is 15.5. The molecular formula is C23H20F4N4O2. The Morgan fingerprint density at radius 3 is 2.36 bits per heavy atom. The van der Waals surface area contributed by atoms with Gasteiger partial charge in [-0.3, -0.25) is 4.79 Å². The average Bonchev–Trinajstić information content (AvgIpc) is 3.19. The third-order valence-corrected chi connectivity index (χ3v) is 5.05. The van der Waals surface area contributed by atoms with Crippen molar-refractivity contribution in [2.75, 3.05) is 5.32 Å². The second-order valence-corrected chi connectivity index (χ2v) is 7.21. The SMILES string of the molecule is C=CCn1cc(C(O)(c2ccc(Nc3ccc(F)cc3)c(C=N)c2)C(F)(F)F)cc1C(N)=O. The van der Waals surface area contributed by atoms with E-state index in [1.165, 1.54) is 36.4 Å². The molecule has 1 amide bonds. The van der Waals surface area contributed by atoms with Crippen molar-refractivity contribution in [1.29, 1.82) is 5.41 Å². The molecule has 0 aliphatic carbocycles. The first-order valence-corrected chi connectivity index (χ1v) is 9.59. The van der Waals surface area contributed by atoms with Crippen molar-refractivity contribution >= 4 is 23.5 Å². The van der Waals surface area contributed by atoms with E-state index in [0.717, 1.165) is 35.2 Å². The summed E-state index contributed by atoms with van der Waals surface area (Å²) in [5.41, 5.74) is 1.15. The smallest absolute Gasteiger partial charge is 0.372 e. The molecule has 0 spiro atoms. The Hall–Kier alpha value is -3.92. The molecular weight excluding hydrogens is 440 g/mol. The summed E-state index contributed by atoms with van der Waals surface area (Å²) in [7, 11) is 0. The molecule has 3 aromatic rings. The Morgan fingerprint density at radius 1 is 1.15 bits per heavy atom. The number of alkyl halides is 3. The van der Waals surface area contributed by atoms with Crippen LogP contribution < -0.4 is 11.1 Å². The molecule has 0 bridgehead atoms. The van der Waals surface area contributed by atoms with E-state index in [2.05, 4.69) is 11.9 Å². The van der Waals surface area contributed by atoms with Gasteiger partial charge in [-0.2, -0.15) is 13.2 Å². The molecule has 1 unspecified atom stereocenters. The van der Waals surface area contributed by atoms with Crippen LogP contribution in [-0.2, 0) is 12.1 Å². The number of carbonyl (C=O) groups is 1. The average molecular weight is 460 g/mol. The van der Waals surface area contributed by atoms with Crippen LogP contribution in [0.15, 0.2) is 67.4 Å². The van der Waals surface area contributed by atoms with Crippen LogP contribution in [0.1, 0.15) is 27.2 Å². The molecule has 0 fully saturated rings. The van der Waals surface area contributed by atoms with Crippen molar-refractivity contribution in [2.45, 2.75) is 18.3 Å². The van der Waals surface area contributed by atoms with Gasteiger partial charge >= 0.3 is 6.18 Å². The predicted molar refractivity (Wildman–Crippen MR) is 116 cm³/mol. The van der Waals surface area contributed by atoms with Crippen LogP contribution in [0.3, 0.4) is 0 Å². The summed E-state index contributed by atoms with van der Waals surface area (Å²) in [5.74, 6) is -1.43. The molecule has 5 N–H and O–H groups in total. The summed E-state index contributed by atoms with van der Waals surface area (Å²) in [4.78, 5) is 11.7. The summed E-state index contributed by atoms with van der Waals surface area (Å²) in [6.07, 6.45) is -1.99. The van der Waals surface area contributed by atoms with E-state index in [9.17, 15) is 27.5 Å². The number of nitrogens with one attached hydrogen (secondary N) is 2. The fraction of sp³-hybridized carbons (Fsp3) is 0.130. The molecule has 33 heavy (non-hydrogen) atoms. The lowest BCUT2D eigenvalue weighted by Crippen LogP contribution is -2.43. The van der Waals surface area contributed by atoms with E-state index in [1.807, 2.05) is 0 Å². The highest BCUT2D eigenvalue weighted by molar-refractivity contribution is 5.92. The van der Waals surface area contributed by atoms with Crippen molar-refractivity contribution in [3.05, 3.63) is 95.6 Å². The number of hydrogen-bond acceptors (Lipinski definition) is 4. The molecule has 0 radical (unpaired) electrons. The minimum absolute atomic E-state index is 0.00150. The molecule has 6 nitrogen and oxygen atoms in total. The summed E-state index contributed by atoms with van der Waals surface area (Å²) < 4.78 is 56.9. The van der Waals surface area contributed by atoms with Crippen LogP contribution in [0.5, 0.6) is 0 Å². The zero-order chi connectivity index (χ0) is 24.4. The second-order valence-electron chi connectivity index (χ2n) is 7.21. The fourth-order valence-corrected chi connectivity index (χ4v) is 3.41. The fourth-order valence-electron chi connectivity index (χ4n) is 3.41. The highest BCUT2D eigenvalue weighted by Gasteiger charge is 2.57. The van der Waals surface area contributed by atoms with Gasteiger partial charge in [-0.05, 0) is 48.0 Å². The maximum Gasteiger partial charge on any atom is 0.425 e. The van der Waals surface area contributed by atoms with Crippen molar-refractivity contribution in [2.24, 2.45) is 5.73 Å². The van der Waals surface area contributed by atoms with E-state index < -0.39 is 34.6 Å². The maximum absolute atomic E-state index is 14.2. The molecule has 172 valence electrons. The third kappa shape index (κ3) is 4.51. The third-order valence-electron chi connectivity index (χ3n) is 5.05. The minimum Gasteiger partial charge on any atom is -0.372 e. The number of benzene rings is 2. The number of anilines is 2. The first kappa shape index (κ1) is 23.7. The summed E-state index contributed by atoms with van der Waals surface area (Å²) in [6.45, 7) is 3.49. The standard InChI is InChI=1S/C23H20F4N4O2/c1-2-9-31-13-16(11-20(31)21(29)32)22(33,23(25,26)27)15-3-8-19(14(10-15)12-28)30-18-6-4-17(24)5-7-18/h2-8,10-13,28,30,33H,1,9H2,(H2,29,32). The van der Waals surface area contributed by atoms with Gasteiger partial charge in [-0.15, -0.1) is 6.58 Å². The number of halogens is 4. The van der Waals surface area contributed by atoms with Crippen molar-refractivity contribution < 1.29 is 27.5 Å². The number of amides is 1. The molecule has 10 heteroatoms. The normalized spacial score (nSPS) is 13.2. The quantitative estimate of drug-likeness (QED) is 0.227. The van der Waals surface area contributed by atoms with E-state index in [4.69, 9.17) is 11.1 Å². The van der Waals surface area contributed by atoms with Crippen LogP contribution in [0.2, 0.25) is 0 Å². The largest absolute Gasteiger partial charge is 0.425 e. The number of allylic oxidation sites excluding steroid dienone is 1. The Morgan fingerprint density at radius 2 is 1.82 bits per heavy atom. The van der Waals surface area contributed by atoms with Gasteiger partial charge in [-0.25, -0.2) is 4.39 Å². The lowest BCUT2D eigenvalue weighted by atomic mass is 9.86. The van der Waals surface area contributed by atoms with Crippen LogP contribution >= 0.6 is 0 Å². The van der Waals surface area contributed by atoms with Gasteiger partial charge in [0.2, 0.25) is 5.60 Å². The number of carbonyl (C=O) groups excluding carboxylic acids is 1. The molecule has 1 aromatic heterocycles. The van der Waals surface area contributed by atoms with E-state index >= 15 is 0 Å². The number of nitrogens with two attached hydrogens (primary N) is 1. The monoisotopic (exact) mass is 460 g/mol. The maximum atomic E-state index is 14.2. The predicted octanol–water partition coefficient (Wildman–Crippen LogP) is 4.45. The van der Waals surface area contributed by atoms with Gasteiger partial charge in [-0.1, -0.05) is 12.1 Å². The molecule has 2 aromatic carbocycles. The van der Waals surface area contributed by atoms with Gasteiger partial charge in [0.1, 0.15) is 11.5 Å². The molecule has 3 rings (SSSR count). The summed E-state index contributed by atoms with van der Waals surface area (Å²) in [6, 6.07) is 9.48. The Balaban J connectivity index is 2.12. The van der Waals surface area contributed by atoms with Crippen LogP contribution in [0, 0.1) is 11.2 Å². The Kier molecular flexibility index (Phi) is 6.41. The Labute approximate surface area is 186 Å². The van der Waals surface area contributed by atoms with Crippen LogP contribution in [0.25, 0.3) is 0 Å². The lowest BCUT2D eigenvalue weighted by Gasteiger charge is -2.31. The number of rotatable bonds is 8. The van der Waals surface area contributed by atoms with Gasteiger partial charge in [0, 0.05) is 41.5 Å². The zero-order valence-electron chi connectivity index (χ0n) is 17.2. The van der Waals surface area contributed by atoms with E-state index in [-0.39, 0.29) is 23.5 Å². The molecule has 1 atom stereocenters. The second kappa shape index (κ2) is 8.91. The topological polar surface area (TPSA) is 104 Å². The van der Waals surface area contributed by atoms with E-state index in [1.54, 1.807) is 0 Å². The molecule has 0 aliphatic rings. The number of primary amides is 1. The van der Waals surface area contributed by atoms with Crippen molar-refractivity contribution in [1.82, 2.24) is 4.57 Å². The number of aromatic nitrogens is 1. The lowest BCUT2D eigenvalue weighted by molar-refractivity contribution is -0.248. The highest BCUT2D eigenvalue weighted by Crippen LogP contribution is 2.45. The number of nitrogens with zero attached hydrogens (tertiary/aromatic N) is 1. The van der Waals surface area contributed by atoms with Crippen LogP contribution in [0.4, 0.5) is 28.9 Å². The van der Waals surface area contributed by atoms with Gasteiger partial charge in [0.25, 0.3) is 5.91 Å². The molecule has 0 aliphatic heterocycles. The highest BCUT2D eigenvalue weighted by atomic mass is 19.4. The van der Waals surface area contributed by atoms with Gasteiger partial charge in [0.15, 0.2) is 0 Å². The summed E-state index contributed by atoms with van der Waals surface area (Å²) >= 11 is 0. The van der Waals surface area contributed by atoms with Gasteiger partial charge in [0.05, 0.1) is 0 Å². The van der Waals surface area contributed by atoms with Crippen molar-refractivity contribution in [3.63, 3.8) is 0 Å². The summed E-state index contributed by atoms with van der Waals surface area (Å²) in [5, 5.41) is 21.5. The van der Waals surface area contributed by atoms with Gasteiger partial charge < -0.3 is 26.1 Å². The minimum atomic E-state index is -5.17.